The standard InChI is InChI=1S/C16H16F4N6O2/c17-11-3-2-10(28-16(18,19)20)6-9(11)8-26-13-12(24-15(26)27)7-23-14(25-13)22-5-1-4-21/h2-3,6-7H,1,4-5,8,21H2,(H,24,27)(H,22,23,25). The molecule has 150 valence electrons. The summed E-state index contributed by atoms with van der Waals surface area (Å²) < 4.78 is 56.2. The number of benzene rings is 1. The maximum absolute atomic E-state index is 14.1. The van der Waals surface area contributed by atoms with Gasteiger partial charge in [0.1, 0.15) is 17.1 Å². The third kappa shape index (κ3) is 4.57. The predicted molar refractivity (Wildman–Crippen MR) is 92.5 cm³/mol. The van der Waals surface area contributed by atoms with Gasteiger partial charge in [0.15, 0.2) is 5.65 Å². The summed E-state index contributed by atoms with van der Waals surface area (Å²) in [5, 5.41) is 2.93. The van der Waals surface area contributed by atoms with Crippen LogP contribution in [0.1, 0.15) is 12.0 Å². The number of hydrogen-bond acceptors (Lipinski definition) is 6. The monoisotopic (exact) mass is 400 g/mol. The minimum absolute atomic E-state index is 0.166. The van der Waals surface area contributed by atoms with Crippen LogP contribution in [-0.2, 0) is 6.54 Å². The van der Waals surface area contributed by atoms with Gasteiger partial charge in [0.25, 0.3) is 0 Å². The number of fused-ring (bicyclic) bond motifs is 1. The molecule has 8 nitrogen and oxygen atoms in total. The zero-order chi connectivity index (χ0) is 20.3. The van der Waals surface area contributed by atoms with Crippen LogP contribution < -0.4 is 21.5 Å². The normalized spacial score (nSPS) is 11.8. The molecule has 0 aliphatic carbocycles. The van der Waals surface area contributed by atoms with Gasteiger partial charge >= 0.3 is 12.1 Å². The molecule has 0 saturated heterocycles. The number of hydrogen-bond donors (Lipinski definition) is 3. The molecule has 0 amide bonds. The molecular formula is C16H16F4N6O2. The second-order valence-corrected chi connectivity index (χ2v) is 5.82. The number of anilines is 1. The number of rotatable bonds is 7. The number of ether oxygens (including phenoxy) is 1. The SMILES string of the molecule is NCCCNc1ncc2[nH]c(=O)n(Cc3cc(OC(F)(F)F)ccc3F)c2n1. The molecule has 2 heterocycles. The molecule has 0 radical (unpaired) electrons. The highest BCUT2D eigenvalue weighted by Crippen LogP contribution is 2.25. The molecule has 1 aromatic carbocycles. The number of H-pyrrole nitrogens is 1. The van der Waals surface area contributed by atoms with Gasteiger partial charge in [-0.25, -0.2) is 14.2 Å². The van der Waals surface area contributed by atoms with E-state index >= 15 is 0 Å². The summed E-state index contributed by atoms with van der Waals surface area (Å²) in [7, 11) is 0. The third-order valence-corrected chi connectivity index (χ3v) is 3.75. The minimum atomic E-state index is -4.91. The highest BCUT2D eigenvalue weighted by atomic mass is 19.4. The van der Waals surface area contributed by atoms with E-state index in [-0.39, 0.29) is 23.7 Å². The van der Waals surface area contributed by atoms with Crippen LogP contribution in [0.4, 0.5) is 23.5 Å². The second-order valence-electron chi connectivity index (χ2n) is 5.82. The van der Waals surface area contributed by atoms with Crippen LogP contribution in [0.15, 0.2) is 29.2 Å². The van der Waals surface area contributed by atoms with Gasteiger partial charge < -0.3 is 20.8 Å². The van der Waals surface area contributed by atoms with E-state index in [1.54, 1.807) is 0 Å². The Balaban J connectivity index is 1.93. The fourth-order valence-electron chi connectivity index (χ4n) is 2.52. The lowest BCUT2D eigenvalue weighted by atomic mass is 10.2. The van der Waals surface area contributed by atoms with Crippen molar-refractivity contribution in [2.24, 2.45) is 5.73 Å². The molecule has 3 rings (SSSR count). The summed E-state index contributed by atoms with van der Waals surface area (Å²) in [5.41, 5.74) is 5.12. The Bertz CT molecular complexity index is 1030. The van der Waals surface area contributed by atoms with Crippen molar-refractivity contribution in [3.8, 4) is 5.75 Å². The molecule has 0 saturated carbocycles. The summed E-state index contributed by atoms with van der Waals surface area (Å²) in [6, 6.07) is 2.58. The van der Waals surface area contributed by atoms with Gasteiger partial charge in [0.05, 0.1) is 12.7 Å². The van der Waals surface area contributed by atoms with E-state index in [0.29, 0.717) is 25.0 Å². The number of nitrogens with zero attached hydrogens (tertiary/aromatic N) is 3. The predicted octanol–water partition coefficient (Wildman–Crippen LogP) is 1.97. The molecule has 12 heteroatoms. The van der Waals surface area contributed by atoms with E-state index in [0.717, 1.165) is 22.8 Å². The quantitative estimate of drug-likeness (QED) is 0.413. The van der Waals surface area contributed by atoms with Crippen molar-refractivity contribution in [2.45, 2.75) is 19.3 Å². The van der Waals surface area contributed by atoms with Gasteiger partial charge in [-0.2, -0.15) is 4.98 Å². The number of aromatic nitrogens is 4. The fourth-order valence-corrected chi connectivity index (χ4v) is 2.52. The molecular weight excluding hydrogens is 384 g/mol. The number of nitrogens with one attached hydrogen (secondary N) is 2. The summed E-state index contributed by atoms with van der Waals surface area (Å²) in [4.78, 5) is 23.0. The summed E-state index contributed by atoms with van der Waals surface area (Å²) in [6.45, 7) is 0.640. The minimum Gasteiger partial charge on any atom is -0.406 e. The molecule has 0 spiro atoms. The Labute approximate surface area is 155 Å². The molecule has 0 unspecified atom stereocenters. The first-order chi connectivity index (χ1) is 13.3. The van der Waals surface area contributed by atoms with Crippen molar-refractivity contribution in [1.82, 2.24) is 19.5 Å². The number of imidazole rings is 1. The van der Waals surface area contributed by atoms with E-state index in [4.69, 9.17) is 5.73 Å². The van der Waals surface area contributed by atoms with Crippen LogP contribution in [0.3, 0.4) is 0 Å². The Morgan fingerprint density at radius 1 is 1.32 bits per heavy atom. The Hall–Kier alpha value is -3.15. The summed E-state index contributed by atoms with van der Waals surface area (Å²) in [5.74, 6) is -1.13. The van der Waals surface area contributed by atoms with Crippen LogP contribution >= 0.6 is 0 Å². The molecule has 3 aromatic rings. The number of alkyl halides is 3. The second kappa shape index (κ2) is 7.84. The van der Waals surface area contributed by atoms with Crippen LogP contribution in [0, 0.1) is 5.82 Å². The third-order valence-electron chi connectivity index (χ3n) is 3.75. The molecule has 4 N–H and O–H groups in total. The van der Waals surface area contributed by atoms with E-state index in [1.807, 2.05) is 0 Å². The van der Waals surface area contributed by atoms with Gasteiger partial charge in [-0.1, -0.05) is 0 Å². The number of nitrogens with two attached hydrogens (primary N) is 1. The average molecular weight is 400 g/mol. The highest BCUT2D eigenvalue weighted by molar-refractivity contribution is 5.71. The topological polar surface area (TPSA) is 111 Å². The molecule has 0 aliphatic rings. The smallest absolute Gasteiger partial charge is 0.406 e. The van der Waals surface area contributed by atoms with Gasteiger partial charge in [0.2, 0.25) is 5.95 Å². The fraction of sp³-hybridized carbons (Fsp3) is 0.312. The zero-order valence-electron chi connectivity index (χ0n) is 14.4. The average Bonchev–Trinajstić information content (AvgIpc) is 2.92. The summed E-state index contributed by atoms with van der Waals surface area (Å²) in [6.07, 6.45) is -2.85. The molecule has 0 atom stereocenters. The summed E-state index contributed by atoms with van der Waals surface area (Å²) >= 11 is 0. The highest BCUT2D eigenvalue weighted by Gasteiger charge is 2.31. The van der Waals surface area contributed by atoms with Crippen molar-refractivity contribution >= 4 is 17.1 Å². The molecule has 28 heavy (non-hydrogen) atoms. The van der Waals surface area contributed by atoms with Crippen LogP contribution in [0.25, 0.3) is 11.2 Å². The van der Waals surface area contributed by atoms with Crippen molar-refractivity contribution in [3.63, 3.8) is 0 Å². The van der Waals surface area contributed by atoms with Crippen molar-refractivity contribution in [1.29, 1.82) is 0 Å². The largest absolute Gasteiger partial charge is 0.573 e. The Morgan fingerprint density at radius 2 is 2.11 bits per heavy atom. The van der Waals surface area contributed by atoms with Crippen LogP contribution in [-0.4, -0.2) is 39.0 Å². The van der Waals surface area contributed by atoms with Crippen molar-refractivity contribution < 1.29 is 22.3 Å². The van der Waals surface area contributed by atoms with Gasteiger partial charge in [-0.05, 0) is 31.2 Å². The van der Waals surface area contributed by atoms with Crippen LogP contribution in [0.2, 0.25) is 0 Å². The maximum atomic E-state index is 14.1. The van der Waals surface area contributed by atoms with E-state index in [1.165, 1.54) is 6.20 Å². The molecule has 0 aliphatic heterocycles. The first-order valence-corrected chi connectivity index (χ1v) is 8.20. The first-order valence-electron chi connectivity index (χ1n) is 8.20. The number of halogens is 4. The van der Waals surface area contributed by atoms with Crippen LogP contribution in [0.5, 0.6) is 5.75 Å². The molecule has 0 bridgehead atoms. The van der Waals surface area contributed by atoms with Gasteiger partial charge in [-0.3, -0.25) is 4.57 Å². The zero-order valence-corrected chi connectivity index (χ0v) is 14.4. The molecule has 2 aromatic heterocycles. The van der Waals surface area contributed by atoms with Crippen molar-refractivity contribution in [2.75, 3.05) is 18.4 Å². The number of aromatic amines is 1. The van der Waals surface area contributed by atoms with E-state index < -0.39 is 23.6 Å². The van der Waals surface area contributed by atoms with E-state index in [9.17, 15) is 22.4 Å². The lowest BCUT2D eigenvalue weighted by Crippen LogP contribution is -2.20. The lowest BCUT2D eigenvalue weighted by molar-refractivity contribution is -0.274. The van der Waals surface area contributed by atoms with Crippen molar-refractivity contribution in [3.05, 3.63) is 46.3 Å². The Kier molecular flexibility index (Phi) is 5.49. The van der Waals surface area contributed by atoms with Gasteiger partial charge in [0, 0.05) is 12.1 Å². The van der Waals surface area contributed by atoms with Gasteiger partial charge in [-0.15, -0.1) is 13.2 Å². The first kappa shape index (κ1) is 19.6. The van der Waals surface area contributed by atoms with E-state index in [2.05, 4.69) is 25.0 Å². The Morgan fingerprint density at radius 3 is 2.82 bits per heavy atom. The lowest BCUT2D eigenvalue weighted by Gasteiger charge is -2.11. The molecule has 0 fully saturated rings. The maximum Gasteiger partial charge on any atom is 0.573 e.